The van der Waals surface area contributed by atoms with E-state index in [1.165, 1.54) is 22.9 Å². The smallest absolute Gasteiger partial charge is 0.226 e. The summed E-state index contributed by atoms with van der Waals surface area (Å²) >= 11 is 0. The zero-order chi connectivity index (χ0) is 21.5. The lowest BCUT2D eigenvalue weighted by Gasteiger charge is -2.27. The first kappa shape index (κ1) is 19.6. The van der Waals surface area contributed by atoms with Gasteiger partial charge in [-0.3, -0.25) is 4.79 Å². The van der Waals surface area contributed by atoms with Crippen LogP contribution in [0.3, 0.4) is 0 Å². The number of hydrogen-bond donors (Lipinski definition) is 1. The summed E-state index contributed by atoms with van der Waals surface area (Å²) in [7, 11) is 0. The Bertz CT molecular complexity index is 1120. The van der Waals surface area contributed by atoms with E-state index >= 15 is 0 Å². The van der Waals surface area contributed by atoms with Crippen molar-refractivity contribution in [3.05, 3.63) is 58.8 Å². The SMILES string of the molecule is Cc1nn(-c2ccc(N3CCOCC3)nn2)c2c1C(c1c(F)cccc1F)CC(=O)N2. The third-order valence-electron chi connectivity index (χ3n) is 5.64. The number of amides is 1. The van der Waals surface area contributed by atoms with E-state index in [-0.39, 0.29) is 17.9 Å². The van der Waals surface area contributed by atoms with Gasteiger partial charge in [-0.1, -0.05) is 6.07 Å². The molecule has 2 aromatic heterocycles. The number of carbonyl (C=O) groups is 1. The van der Waals surface area contributed by atoms with E-state index in [1.54, 1.807) is 13.0 Å². The number of benzene rings is 1. The molecule has 0 bridgehead atoms. The Labute approximate surface area is 176 Å². The number of anilines is 2. The van der Waals surface area contributed by atoms with Gasteiger partial charge in [-0.2, -0.15) is 9.78 Å². The third-order valence-corrected chi connectivity index (χ3v) is 5.64. The predicted molar refractivity (Wildman–Crippen MR) is 108 cm³/mol. The zero-order valence-corrected chi connectivity index (χ0v) is 16.8. The summed E-state index contributed by atoms with van der Waals surface area (Å²) in [5.41, 5.74) is 0.999. The van der Waals surface area contributed by atoms with Crippen molar-refractivity contribution in [1.29, 1.82) is 0 Å². The van der Waals surface area contributed by atoms with E-state index in [2.05, 4.69) is 25.5 Å². The highest BCUT2D eigenvalue weighted by Crippen LogP contribution is 2.41. The fourth-order valence-electron chi connectivity index (χ4n) is 4.20. The van der Waals surface area contributed by atoms with Gasteiger partial charge in [0, 0.05) is 36.6 Å². The fourth-order valence-corrected chi connectivity index (χ4v) is 4.20. The number of aromatic nitrogens is 4. The molecule has 3 aromatic rings. The van der Waals surface area contributed by atoms with Crippen molar-refractivity contribution in [3.63, 3.8) is 0 Å². The van der Waals surface area contributed by atoms with E-state index in [0.717, 1.165) is 18.9 Å². The summed E-state index contributed by atoms with van der Waals surface area (Å²) in [5.74, 6) is -1.02. The van der Waals surface area contributed by atoms with Crippen LogP contribution in [0.4, 0.5) is 20.4 Å². The van der Waals surface area contributed by atoms with Gasteiger partial charge in [0.25, 0.3) is 0 Å². The minimum Gasteiger partial charge on any atom is -0.378 e. The summed E-state index contributed by atoms with van der Waals surface area (Å²) in [6, 6.07) is 7.28. The molecular formula is C21H20F2N6O2. The van der Waals surface area contributed by atoms with Gasteiger partial charge in [0.15, 0.2) is 11.6 Å². The number of morpholine rings is 1. The van der Waals surface area contributed by atoms with Crippen molar-refractivity contribution in [3.8, 4) is 5.82 Å². The molecule has 8 nitrogen and oxygen atoms in total. The van der Waals surface area contributed by atoms with Gasteiger partial charge in [-0.25, -0.2) is 8.78 Å². The van der Waals surface area contributed by atoms with E-state index in [4.69, 9.17) is 4.74 Å². The van der Waals surface area contributed by atoms with Gasteiger partial charge >= 0.3 is 0 Å². The molecule has 2 aliphatic rings. The highest BCUT2D eigenvalue weighted by Gasteiger charge is 2.35. The highest BCUT2D eigenvalue weighted by atomic mass is 19.1. The van der Waals surface area contributed by atoms with Crippen LogP contribution in [0.15, 0.2) is 30.3 Å². The standard InChI is InChI=1S/C21H20F2N6O2/c1-12-19-13(20-14(22)3-2-4-15(20)23)11-18(30)24-21(19)29(27-12)17-6-5-16(25-26-17)28-7-9-31-10-8-28/h2-6,13H,7-11H2,1H3,(H,24,30). The van der Waals surface area contributed by atoms with Crippen molar-refractivity contribution in [2.24, 2.45) is 0 Å². The number of carbonyl (C=O) groups excluding carboxylic acids is 1. The Kier molecular flexibility index (Phi) is 4.85. The average Bonchev–Trinajstić information content (AvgIpc) is 3.10. The third kappa shape index (κ3) is 3.42. The van der Waals surface area contributed by atoms with Gasteiger partial charge in [-0.05, 0) is 31.2 Å². The number of fused-ring (bicyclic) bond motifs is 1. The van der Waals surface area contributed by atoms with Crippen LogP contribution in [-0.2, 0) is 9.53 Å². The summed E-state index contributed by atoms with van der Waals surface area (Å²) in [6.45, 7) is 4.48. The number of halogens is 2. The molecule has 0 radical (unpaired) electrons. The molecule has 31 heavy (non-hydrogen) atoms. The lowest BCUT2D eigenvalue weighted by molar-refractivity contribution is -0.116. The average molecular weight is 426 g/mol. The van der Waals surface area contributed by atoms with Crippen LogP contribution in [0.25, 0.3) is 5.82 Å². The predicted octanol–water partition coefficient (Wildman–Crippen LogP) is 2.56. The first-order valence-electron chi connectivity index (χ1n) is 10.0. The Morgan fingerprint density at radius 3 is 2.39 bits per heavy atom. The van der Waals surface area contributed by atoms with Crippen LogP contribution in [0.1, 0.15) is 29.2 Å². The Balaban J connectivity index is 1.55. The number of nitrogens with one attached hydrogen (secondary N) is 1. The van der Waals surface area contributed by atoms with E-state index < -0.39 is 17.6 Å². The molecule has 1 saturated heterocycles. The van der Waals surface area contributed by atoms with Crippen LogP contribution >= 0.6 is 0 Å². The summed E-state index contributed by atoms with van der Waals surface area (Å²) in [6.07, 6.45) is -0.0704. The molecule has 2 aliphatic heterocycles. The fraction of sp³-hybridized carbons (Fsp3) is 0.333. The minimum absolute atomic E-state index is 0.0704. The van der Waals surface area contributed by atoms with Gasteiger partial charge < -0.3 is 15.0 Å². The highest BCUT2D eigenvalue weighted by molar-refractivity contribution is 5.95. The lowest BCUT2D eigenvalue weighted by atomic mass is 9.85. The van der Waals surface area contributed by atoms with Gasteiger partial charge in [0.05, 0.1) is 18.9 Å². The topological polar surface area (TPSA) is 85.2 Å². The molecule has 4 heterocycles. The molecule has 1 fully saturated rings. The Morgan fingerprint density at radius 1 is 1.03 bits per heavy atom. The van der Waals surface area contributed by atoms with Crippen LogP contribution in [-0.4, -0.2) is 52.2 Å². The largest absolute Gasteiger partial charge is 0.378 e. The second-order valence-corrected chi connectivity index (χ2v) is 7.55. The van der Waals surface area contributed by atoms with Crippen LogP contribution in [0.2, 0.25) is 0 Å². The molecule has 10 heteroatoms. The lowest BCUT2D eigenvalue weighted by Crippen LogP contribution is -2.36. The summed E-state index contributed by atoms with van der Waals surface area (Å²) in [4.78, 5) is 14.5. The van der Waals surface area contributed by atoms with Crippen molar-refractivity contribution in [1.82, 2.24) is 20.0 Å². The van der Waals surface area contributed by atoms with Crippen LogP contribution in [0, 0.1) is 18.6 Å². The van der Waals surface area contributed by atoms with Gasteiger partial charge in [-0.15, -0.1) is 10.2 Å². The maximum absolute atomic E-state index is 14.5. The minimum atomic E-state index is -0.778. The zero-order valence-electron chi connectivity index (χ0n) is 16.8. The molecule has 1 aromatic carbocycles. The maximum Gasteiger partial charge on any atom is 0.226 e. The van der Waals surface area contributed by atoms with Crippen molar-refractivity contribution in [2.45, 2.75) is 19.3 Å². The number of rotatable bonds is 3. The molecule has 1 atom stereocenters. The first-order valence-corrected chi connectivity index (χ1v) is 10.0. The van der Waals surface area contributed by atoms with Crippen molar-refractivity contribution < 1.29 is 18.3 Å². The molecule has 1 N–H and O–H groups in total. The first-order chi connectivity index (χ1) is 15.0. The van der Waals surface area contributed by atoms with Crippen molar-refractivity contribution >= 4 is 17.5 Å². The van der Waals surface area contributed by atoms with Gasteiger partial charge in [0.1, 0.15) is 17.5 Å². The summed E-state index contributed by atoms with van der Waals surface area (Å²) in [5, 5.41) is 15.8. The maximum atomic E-state index is 14.5. The van der Waals surface area contributed by atoms with Crippen LogP contribution < -0.4 is 10.2 Å². The van der Waals surface area contributed by atoms with E-state index in [9.17, 15) is 13.6 Å². The number of ether oxygens (including phenoxy) is 1. The number of nitrogens with zero attached hydrogens (tertiary/aromatic N) is 5. The van der Waals surface area contributed by atoms with E-state index in [0.29, 0.717) is 36.1 Å². The van der Waals surface area contributed by atoms with E-state index in [1.807, 2.05) is 6.07 Å². The molecule has 1 amide bonds. The van der Waals surface area contributed by atoms with Crippen molar-refractivity contribution in [2.75, 3.05) is 36.5 Å². The molecular weight excluding hydrogens is 406 g/mol. The number of aryl methyl sites for hydroxylation is 1. The summed E-state index contributed by atoms with van der Waals surface area (Å²) < 4.78 is 35.8. The second kappa shape index (κ2) is 7.69. The quantitative estimate of drug-likeness (QED) is 0.693. The normalized spacial score (nSPS) is 18.6. The molecule has 1 unspecified atom stereocenters. The monoisotopic (exact) mass is 426 g/mol. The van der Waals surface area contributed by atoms with Gasteiger partial charge in [0.2, 0.25) is 5.91 Å². The van der Waals surface area contributed by atoms with Crippen LogP contribution in [0.5, 0.6) is 0 Å². The molecule has 5 rings (SSSR count). The molecule has 0 saturated carbocycles. The Hall–Kier alpha value is -3.40. The molecule has 0 spiro atoms. The molecule has 0 aliphatic carbocycles. The Morgan fingerprint density at radius 2 is 1.71 bits per heavy atom. The number of hydrogen-bond acceptors (Lipinski definition) is 6. The second-order valence-electron chi connectivity index (χ2n) is 7.55. The molecule has 160 valence electrons.